The molecule has 0 spiro atoms. The molecular formula is C20H26N4O4S3. The van der Waals surface area contributed by atoms with Gasteiger partial charge in [-0.2, -0.15) is 4.31 Å². The molecule has 2 aromatic rings. The SMILES string of the molecule is O=C(Nc1nccs1)C1CCN(S(=O)(=O)c2cc(C(=O)N3CCCCCC3)cs2)CC1. The molecule has 168 valence electrons. The van der Waals surface area contributed by atoms with E-state index >= 15 is 0 Å². The molecule has 0 atom stereocenters. The van der Waals surface area contributed by atoms with Gasteiger partial charge in [-0.15, -0.1) is 22.7 Å². The van der Waals surface area contributed by atoms with Crippen LogP contribution < -0.4 is 5.32 Å². The fourth-order valence-corrected chi connectivity index (χ4v) is 7.31. The highest BCUT2D eigenvalue weighted by molar-refractivity contribution is 7.91. The summed E-state index contributed by atoms with van der Waals surface area (Å²) in [6.07, 6.45) is 6.79. The number of nitrogens with zero attached hydrogens (tertiary/aromatic N) is 3. The Balaban J connectivity index is 1.37. The molecule has 1 N–H and O–H groups in total. The third-order valence-corrected chi connectivity index (χ3v) is 9.80. The fraction of sp³-hybridized carbons (Fsp3) is 0.550. The Bertz CT molecular complexity index is 1000. The third kappa shape index (κ3) is 5.16. The molecule has 8 nitrogen and oxygen atoms in total. The van der Waals surface area contributed by atoms with Gasteiger partial charge in [-0.3, -0.25) is 9.59 Å². The van der Waals surface area contributed by atoms with Crippen LogP contribution in [0.3, 0.4) is 0 Å². The van der Waals surface area contributed by atoms with E-state index in [2.05, 4.69) is 10.3 Å². The van der Waals surface area contributed by atoms with Gasteiger partial charge in [0, 0.05) is 49.1 Å². The van der Waals surface area contributed by atoms with Crippen LogP contribution >= 0.6 is 22.7 Å². The van der Waals surface area contributed by atoms with E-state index in [1.807, 2.05) is 4.90 Å². The van der Waals surface area contributed by atoms with Gasteiger partial charge in [0.1, 0.15) is 4.21 Å². The third-order valence-electron chi connectivity index (χ3n) is 5.80. The number of rotatable bonds is 5. The molecule has 4 heterocycles. The number of thiophene rings is 1. The number of nitrogens with one attached hydrogen (secondary N) is 1. The summed E-state index contributed by atoms with van der Waals surface area (Å²) in [5.41, 5.74) is 0.447. The molecule has 0 aromatic carbocycles. The first-order chi connectivity index (χ1) is 14.9. The standard InChI is InChI=1S/C20H26N4O4S3/c25-18(22-20-21-7-12-29-20)15-5-10-24(11-6-15)31(27,28)17-13-16(14-30-17)19(26)23-8-3-1-2-4-9-23/h7,12-15H,1-6,8-11H2,(H,21,22,25). The van der Waals surface area contributed by atoms with Crippen LogP contribution in [0.2, 0.25) is 0 Å². The Kier molecular flexibility index (Phi) is 7.05. The Morgan fingerprint density at radius 3 is 2.39 bits per heavy atom. The topological polar surface area (TPSA) is 99.7 Å². The molecule has 2 fully saturated rings. The van der Waals surface area contributed by atoms with Crippen molar-refractivity contribution in [2.45, 2.75) is 42.7 Å². The molecule has 0 radical (unpaired) electrons. The van der Waals surface area contributed by atoms with Gasteiger partial charge in [-0.25, -0.2) is 13.4 Å². The number of piperidine rings is 1. The minimum atomic E-state index is -3.67. The summed E-state index contributed by atoms with van der Waals surface area (Å²) in [5.74, 6) is -0.440. The molecule has 0 aliphatic carbocycles. The number of hydrogen-bond donors (Lipinski definition) is 1. The quantitative estimate of drug-likeness (QED) is 0.705. The Hall–Kier alpha value is -1.82. The van der Waals surface area contributed by atoms with E-state index in [9.17, 15) is 18.0 Å². The summed E-state index contributed by atoms with van der Waals surface area (Å²) in [7, 11) is -3.67. The summed E-state index contributed by atoms with van der Waals surface area (Å²) in [6, 6.07) is 1.51. The van der Waals surface area contributed by atoms with Crippen molar-refractivity contribution in [1.29, 1.82) is 0 Å². The van der Waals surface area contributed by atoms with E-state index in [1.165, 1.54) is 21.7 Å². The number of sulfonamides is 1. The summed E-state index contributed by atoms with van der Waals surface area (Å²) in [6.45, 7) is 2.03. The van der Waals surface area contributed by atoms with Gasteiger partial charge in [0.05, 0.1) is 5.56 Å². The first kappa shape index (κ1) is 22.4. The van der Waals surface area contributed by atoms with Gasteiger partial charge < -0.3 is 10.2 Å². The van der Waals surface area contributed by atoms with Crippen LogP contribution in [0.25, 0.3) is 0 Å². The number of thiazole rings is 1. The monoisotopic (exact) mass is 482 g/mol. The number of anilines is 1. The molecule has 2 aromatic heterocycles. The van der Waals surface area contributed by atoms with E-state index in [4.69, 9.17) is 0 Å². The van der Waals surface area contributed by atoms with E-state index in [-0.39, 0.29) is 35.0 Å². The Morgan fingerprint density at radius 2 is 1.74 bits per heavy atom. The molecule has 2 aliphatic heterocycles. The van der Waals surface area contributed by atoms with Crippen molar-refractivity contribution in [1.82, 2.24) is 14.2 Å². The Labute approximate surface area is 190 Å². The number of carbonyl (C=O) groups excluding carboxylic acids is 2. The minimum Gasteiger partial charge on any atom is -0.339 e. The smallest absolute Gasteiger partial charge is 0.254 e. The van der Waals surface area contributed by atoms with Crippen molar-refractivity contribution >= 4 is 49.6 Å². The maximum Gasteiger partial charge on any atom is 0.254 e. The lowest BCUT2D eigenvalue weighted by Gasteiger charge is -2.29. The lowest BCUT2D eigenvalue weighted by atomic mass is 9.97. The van der Waals surface area contributed by atoms with Crippen LogP contribution in [0, 0.1) is 5.92 Å². The van der Waals surface area contributed by atoms with E-state index in [1.54, 1.807) is 17.0 Å². The molecule has 0 bridgehead atoms. The van der Waals surface area contributed by atoms with Crippen LogP contribution in [0.15, 0.2) is 27.2 Å². The average molecular weight is 483 g/mol. The number of carbonyl (C=O) groups is 2. The van der Waals surface area contributed by atoms with Gasteiger partial charge in [0.2, 0.25) is 5.91 Å². The molecule has 31 heavy (non-hydrogen) atoms. The first-order valence-corrected chi connectivity index (χ1v) is 13.7. The zero-order valence-electron chi connectivity index (χ0n) is 17.2. The molecule has 2 saturated heterocycles. The molecule has 2 amide bonds. The van der Waals surface area contributed by atoms with Crippen LogP contribution in [-0.2, 0) is 14.8 Å². The number of hydrogen-bond acceptors (Lipinski definition) is 7. The van der Waals surface area contributed by atoms with Crippen LogP contribution in [0.1, 0.15) is 48.9 Å². The van der Waals surface area contributed by atoms with Gasteiger partial charge in [0.15, 0.2) is 5.13 Å². The molecule has 4 rings (SSSR count). The van der Waals surface area contributed by atoms with Crippen molar-refractivity contribution in [3.63, 3.8) is 0 Å². The second-order valence-electron chi connectivity index (χ2n) is 7.87. The maximum atomic E-state index is 13.1. The lowest BCUT2D eigenvalue weighted by Crippen LogP contribution is -2.41. The van der Waals surface area contributed by atoms with Crippen LogP contribution in [-0.4, -0.2) is 60.6 Å². The number of likely N-dealkylation sites (tertiary alicyclic amines) is 1. The summed E-state index contributed by atoms with van der Waals surface area (Å²) in [4.78, 5) is 31.1. The van der Waals surface area contributed by atoms with Crippen molar-refractivity contribution < 1.29 is 18.0 Å². The summed E-state index contributed by atoms with van der Waals surface area (Å²) >= 11 is 2.45. The predicted octanol–water partition coefficient (Wildman–Crippen LogP) is 3.26. The molecule has 2 aliphatic rings. The lowest BCUT2D eigenvalue weighted by molar-refractivity contribution is -0.120. The van der Waals surface area contributed by atoms with Crippen molar-refractivity contribution in [3.8, 4) is 0 Å². The highest BCUT2D eigenvalue weighted by Gasteiger charge is 2.33. The molecule has 0 unspecified atom stereocenters. The normalized spacial score (nSPS) is 19.2. The van der Waals surface area contributed by atoms with Crippen molar-refractivity contribution in [2.24, 2.45) is 5.92 Å². The van der Waals surface area contributed by atoms with Gasteiger partial charge in [0.25, 0.3) is 15.9 Å². The average Bonchev–Trinajstić information content (AvgIpc) is 3.40. The first-order valence-electron chi connectivity index (χ1n) is 10.5. The van der Waals surface area contributed by atoms with Gasteiger partial charge in [-0.1, -0.05) is 12.8 Å². The highest BCUT2D eigenvalue weighted by atomic mass is 32.2. The molecule has 11 heteroatoms. The number of amides is 2. The van der Waals surface area contributed by atoms with Crippen molar-refractivity contribution in [3.05, 3.63) is 28.6 Å². The summed E-state index contributed by atoms with van der Waals surface area (Å²) in [5, 5.41) is 6.78. The second-order valence-corrected chi connectivity index (χ2v) is 11.8. The zero-order valence-corrected chi connectivity index (χ0v) is 19.6. The summed E-state index contributed by atoms with van der Waals surface area (Å²) < 4.78 is 27.8. The number of aromatic nitrogens is 1. The van der Waals surface area contributed by atoms with Gasteiger partial charge in [-0.05, 0) is 31.7 Å². The van der Waals surface area contributed by atoms with Crippen LogP contribution in [0.5, 0.6) is 0 Å². The fourth-order valence-electron chi connectivity index (χ4n) is 4.00. The molecule has 0 saturated carbocycles. The van der Waals surface area contributed by atoms with E-state index in [0.29, 0.717) is 23.5 Å². The Morgan fingerprint density at radius 1 is 1.03 bits per heavy atom. The predicted molar refractivity (Wildman–Crippen MR) is 121 cm³/mol. The van der Waals surface area contributed by atoms with Crippen molar-refractivity contribution in [2.75, 3.05) is 31.5 Å². The maximum absolute atomic E-state index is 13.1. The van der Waals surface area contributed by atoms with Gasteiger partial charge >= 0.3 is 0 Å². The molecular weight excluding hydrogens is 456 g/mol. The zero-order chi connectivity index (χ0) is 21.8. The minimum absolute atomic E-state index is 0.0860. The highest BCUT2D eigenvalue weighted by Crippen LogP contribution is 2.29. The second kappa shape index (κ2) is 9.76. The largest absolute Gasteiger partial charge is 0.339 e. The van der Waals surface area contributed by atoms with Crippen LogP contribution in [0.4, 0.5) is 5.13 Å². The van der Waals surface area contributed by atoms with E-state index < -0.39 is 10.0 Å². The van der Waals surface area contributed by atoms with E-state index in [0.717, 1.165) is 50.1 Å².